The zero-order valence-corrected chi connectivity index (χ0v) is 12.2. The highest BCUT2D eigenvalue weighted by Gasteiger charge is 2.13. The third-order valence-electron chi connectivity index (χ3n) is 3.18. The van der Waals surface area contributed by atoms with Gasteiger partial charge in [-0.05, 0) is 18.6 Å². The average molecular weight is 274 g/mol. The number of nitrogens with two attached hydrogens (primary N) is 1. The first-order valence-corrected chi connectivity index (χ1v) is 6.48. The van der Waals surface area contributed by atoms with E-state index in [1.54, 1.807) is 6.20 Å². The number of imidazole rings is 1. The van der Waals surface area contributed by atoms with Crippen molar-refractivity contribution in [2.75, 3.05) is 11.9 Å². The summed E-state index contributed by atoms with van der Waals surface area (Å²) in [5, 5.41) is 0. The largest absolute Gasteiger partial charge is 0.389 e. The van der Waals surface area contributed by atoms with Crippen LogP contribution in [0.4, 0.5) is 5.69 Å². The van der Waals surface area contributed by atoms with Crippen LogP contribution in [0.1, 0.15) is 17.0 Å². The van der Waals surface area contributed by atoms with Gasteiger partial charge in [0.15, 0.2) is 0 Å². The third kappa shape index (κ3) is 2.76. The van der Waals surface area contributed by atoms with Crippen LogP contribution in [0.15, 0.2) is 30.6 Å². The number of aromatic nitrogens is 2. The molecule has 1 aromatic heterocycles. The van der Waals surface area contributed by atoms with Crippen molar-refractivity contribution in [2.45, 2.75) is 13.5 Å². The lowest BCUT2D eigenvalue weighted by Crippen LogP contribution is -2.24. The summed E-state index contributed by atoms with van der Waals surface area (Å²) in [5.41, 5.74) is 8.94. The summed E-state index contributed by atoms with van der Waals surface area (Å²) in [6.07, 6.45) is 3.74. The van der Waals surface area contributed by atoms with Crippen molar-refractivity contribution < 1.29 is 0 Å². The maximum atomic E-state index is 5.81. The number of para-hydroxylation sites is 1. The lowest BCUT2D eigenvalue weighted by atomic mass is 10.1. The molecule has 5 heteroatoms. The standard InChI is InChI=1S/C14H18N4S/c1-10-5-4-6-11(14(15)19)13(10)18(3)9-12-16-7-8-17(12)2/h4-8H,9H2,1-3H3,(H2,15,19). The lowest BCUT2D eigenvalue weighted by molar-refractivity contribution is 0.760. The van der Waals surface area contributed by atoms with Crippen LogP contribution in [-0.2, 0) is 13.6 Å². The number of hydrogen-bond donors (Lipinski definition) is 1. The first-order chi connectivity index (χ1) is 9.00. The van der Waals surface area contributed by atoms with E-state index in [0.29, 0.717) is 11.5 Å². The topological polar surface area (TPSA) is 47.1 Å². The maximum absolute atomic E-state index is 5.81. The van der Waals surface area contributed by atoms with Crippen LogP contribution in [-0.4, -0.2) is 21.6 Å². The normalized spacial score (nSPS) is 10.5. The molecule has 0 fully saturated rings. The van der Waals surface area contributed by atoms with E-state index in [0.717, 1.165) is 22.6 Å². The van der Waals surface area contributed by atoms with Gasteiger partial charge in [-0.2, -0.15) is 0 Å². The summed E-state index contributed by atoms with van der Waals surface area (Å²) in [6, 6.07) is 5.99. The van der Waals surface area contributed by atoms with E-state index in [9.17, 15) is 0 Å². The highest BCUT2D eigenvalue weighted by atomic mass is 32.1. The average Bonchev–Trinajstić information content (AvgIpc) is 2.74. The molecule has 0 radical (unpaired) electrons. The molecule has 19 heavy (non-hydrogen) atoms. The van der Waals surface area contributed by atoms with Gasteiger partial charge in [0.2, 0.25) is 0 Å². The van der Waals surface area contributed by atoms with Crippen molar-refractivity contribution >= 4 is 22.9 Å². The van der Waals surface area contributed by atoms with E-state index < -0.39 is 0 Å². The molecule has 1 heterocycles. The Hall–Kier alpha value is -1.88. The van der Waals surface area contributed by atoms with Crippen LogP contribution in [0.5, 0.6) is 0 Å². The van der Waals surface area contributed by atoms with E-state index in [2.05, 4.69) is 22.9 Å². The van der Waals surface area contributed by atoms with E-state index in [4.69, 9.17) is 18.0 Å². The molecular weight excluding hydrogens is 256 g/mol. The quantitative estimate of drug-likeness (QED) is 0.866. The summed E-state index contributed by atoms with van der Waals surface area (Å²) in [7, 11) is 4.02. The molecule has 0 unspecified atom stereocenters. The summed E-state index contributed by atoms with van der Waals surface area (Å²) in [5.74, 6) is 1.000. The molecule has 0 spiro atoms. The molecule has 0 saturated carbocycles. The number of benzene rings is 1. The van der Waals surface area contributed by atoms with Gasteiger partial charge >= 0.3 is 0 Å². The van der Waals surface area contributed by atoms with Crippen molar-refractivity contribution in [1.82, 2.24) is 9.55 Å². The second-order valence-electron chi connectivity index (χ2n) is 4.65. The van der Waals surface area contributed by atoms with Crippen molar-refractivity contribution in [3.63, 3.8) is 0 Å². The Bertz CT molecular complexity index is 603. The van der Waals surface area contributed by atoms with E-state index in [1.165, 1.54) is 0 Å². The number of hydrogen-bond acceptors (Lipinski definition) is 3. The van der Waals surface area contributed by atoms with Crippen LogP contribution in [0, 0.1) is 6.92 Å². The minimum absolute atomic E-state index is 0.422. The number of rotatable bonds is 4. The zero-order valence-electron chi connectivity index (χ0n) is 11.4. The Morgan fingerprint density at radius 3 is 2.79 bits per heavy atom. The van der Waals surface area contributed by atoms with Crippen LogP contribution in [0.3, 0.4) is 0 Å². The predicted molar refractivity (Wildman–Crippen MR) is 82.4 cm³/mol. The highest BCUT2D eigenvalue weighted by molar-refractivity contribution is 7.80. The molecule has 2 rings (SSSR count). The van der Waals surface area contributed by atoms with Crippen molar-refractivity contribution in [3.8, 4) is 0 Å². The van der Waals surface area contributed by atoms with Crippen LogP contribution >= 0.6 is 12.2 Å². The molecule has 2 aromatic rings. The Morgan fingerprint density at radius 2 is 2.21 bits per heavy atom. The van der Waals surface area contributed by atoms with Crippen molar-refractivity contribution in [3.05, 3.63) is 47.5 Å². The molecule has 100 valence electrons. The second-order valence-corrected chi connectivity index (χ2v) is 5.09. The highest BCUT2D eigenvalue weighted by Crippen LogP contribution is 2.25. The minimum Gasteiger partial charge on any atom is -0.389 e. The molecule has 1 aromatic carbocycles. The van der Waals surface area contributed by atoms with Gasteiger partial charge in [-0.25, -0.2) is 4.98 Å². The molecule has 0 aliphatic carbocycles. The number of thiocarbonyl (C=S) groups is 1. The first-order valence-electron chi connectivity index (χ1n) is 6.07. The van der Waals surface area contributed by atoms with Crippen LogP contribution < -0.4 is 10.6 Å². The van der Waals surface area contributed by atoms with Crippen LogP contribution in [0.2, 0.25) is 0 Å². The maximum Gasteiger partial charge on any atom is 0.127 e. The summed E-state index contributed by atoms with van der Waals surface area (Å²) in [6.45, 7) is 2.77. The lowest BCUT2D eigenvalue weighted by Gasteiger charge is -2.24. The number of nitrogens with zero attached hydrogens (tertiary/aromatic N) is 3. The molecule has 2 N–H and O–H groups in total. The monoisotopic (exact) mass is 274 g/mol. The Balaban J connectivity index is 2.36. The van der Waals surface area contributed by atoms with Crippen molar-refractivity contribution in [1.29, 1.82) is 0 Å². The Labute approximate surface area is 118 Å². The zero-order chi connectivity index (χ0) is 14.0. The molecule has 0 aliphatic heterocycles. The van der Waals surface area contributed by atoms with E-state index >= 15 is 0 Å². The molecular formula is C14H18N4S. The molecule has 0 amide bonds. The molecule has 0 saturated heterocycles. The molecule has 0 bridgehead atoms. The third-order valence-corrected chi connectivity index (χ3v) is 3.40. The smallest absolute Gasteiger partial charge is 0.127 e. The fourth-order valence-electron chi connectivity index (χ4n) is 2.20. The van der Waals surface area contributed by atoms with E-state index in [1.807, 2.05) is 37.0 Å². The Kier molecular flexibility index (Phi) is 3.85. The van der Waals surface area contributed by atoms with Gasteiger partial charge < -0.3 is 15.2 Å². The van der Waals surface area contributed by atoms with Crippen molar-refractivity contribution in [2.24, 2.45) is 12.8 Å². The fourth-order valence-corrected chi connectivity index (χ4v) is 2.37. The minimum atomic E-state index is 0.422. The molecule has 0 atom stereocenters. The SMILES string of the molecule is Cc1cccc(C(N)=S)c1N(C)Cc1nccn1C. The van der Waals surface area contributed by atoms with Gasteiger partial charge in [0.1, 0.15) is 10.8 Å². The summed E-state index contributed by atoms with van der Waals surface area (Å²) >= 11 is 5.13. The summed E-state index contributed by atoms with van der Waals surface area (Å²) < 4.78 is 2.01. The van der Waals surface area contributed by atoms with Gasteiger partial charge in [-0.3, -0.25) is 0 Å². The molecule has 4 nitrogen and oxygen atoms in total. The Morgan fingerprint density at radius 1 is 1.47 bits per heavy atom. The summed E-state index contributed by atoms with van der Waals surface area (Å²) in [4.78, 5) is 6.90. The fraction of sp³-hybridized carbons (Fsp3) is 0.286. The molecule has 0 aliphatic rings. The first kappa shape index (κ1) is 13.5. The second kappa shape index (κ2) is 5.40. The van der Waals surface area contributed by atoms with Gasteiger partial charge in [0, 0.05) is 32.1 Å². The van der Waals surface area contributed by atoms with Gasteiger partial charge in [0.05, 0.1) is 12.2 Å². The van der Waals surface area contributed by atoms with Gasteiger partial charge in [-0.15, -0.1) is 0 Å². The predicted octanol–water partition coefficient (Wildman–Crippen LogP) is 2.00. The number of aryl methyl sites for hydroxylation is 2. The van der Waals surface area contributed by atoms with Crippen LogP contribution in [0.25, 0.3) is 0 Å². The van der Waals surface area contributed by atoms with Gasteiger partial charge in [-0.1, -0.05) is 24.4 Å². The van der Waals surface area contributed by atoms with Gasteiger partial charge in [0.25, 0.3) is 0 Å². The number of anilines is 1. The van der Waals surface area contributed by atoms with E-state index in [-0.39, 0.29) is 0 Å².